The molecule has 2 aromatic rings. The molecule has 0 amide bonds. The van der Waals surface area contributed by atoms with E-state index in [9.17, 15) is 0 Å². The van der Waals surface area contributed by atoms with Crippen molar-refractivity contribution in [3.05, 3.63) is 30.5 Å². The SMILES string of the molecule is CC(C)Oc1cccnc1NCCc1ncno1. The quantitative estimate of drug-likeness (QED) is 0.841. The van der Waals surface area contributed by atoms with Crippen molar-refractivity contribution in [3.8, 4) is 5.75 Å². The van der Waals surface area contributed by atoms with E-state index in [4.69, 9.17) is 9.26 Å². The van der Waals surface area contributed by atoms with Crippen LogP contribution in [0.4, 0.5) is 5.82 Å². The first-order valence-electron chi connectivity index (χ1n) is 5.87. The predicted octanol–water partition coefficient (Wildman–Crippen LogP) is 1.91. The fourth-order valence-electron chi connectivity index (χ4n) is 1.47. The van der Waals surface area contributed by atoms with Gasteiger partial charge in [-0.2, -0.15) is 4.98 Å². The number of hydrogen-bond donors (Lipinski definition) is 1. The first-order chi connectivity index (χ1) is 8.75. The molecule has 0 saturated carbocycles. The Hall–Kier alpha value is -2.11. The minimum atomic E-state index is 0.116. The number of hydrogen-bond acceptors (Lipinski definition) is 6. The van der Waals surface area contributed by atoms with E-state index < -0.39 is 0 Å². The van der Waals surface area contributed by atoms with E-state index in [0.29, 0.717) is 18.9 Å². The summed E-state index contributed by atoms with van der Waals surface area (Å²) in [6.07, 6.45) is 3.88. The van der Waals surface area contributed by atoms with Gasteiger partial charge in [0, 0.05) is 19.2 Å². The normalized spacial score (nSPS) is 10.6. The Bertz CT molecular complexity index is 471. The molecule has 0 atom stereocenters. The second kappa shape index (κ2) is 6.00. The van der Waals surface area contributed by atoms with Gasteiger partial charge in [-0.1, -0.05) is 5.16 Å². The highest BCUT2D eigenvalue weighted by atomic mass is 16.5. The molecule has 2 aromatic heterocycles. The molecule has 6 nitrogen and oxygen atoms in total. The third-order valence-electron chi connectivity index (χ3n) is 2.17. The van der Waals surface area contributed by atoms with E-state index in [1.165, 1.54) is 6.33 Å². The lowest BCUT2D eigenvalue weighted by Gasteiger charge is -2.13. The molecule has 0 spiro atoms. The Labute approximate surface area is 105 Å². The van der Waals surface area contributed by atoms with Crippen LogP contribution in [0.25, 0.3) is 0 Å². The van der Waals surface area contributed by atoms with Crippen LogP contribution in [0.1, 0.15) is 19.7 Å². The van der Waals surface area contributed by atoms with Crippen LogP contribution < -0.4 is 10.1 Å². The standard InChI is InChI=1S/C12H16N4O2/c1-9(2)17-10-4-3-6-13-12(10)14-7-5-11-15-8-16-18-11/h3-4,6,8-9H,5,7H2,1-2H3,(H,13,14). The summed E-state index contributed by atoms with van der Waals surface area (Å²) >= 11 is 0. The molecule has 0 saturated heterocycles. The van der Waals surface area contributed by atoms with Gasteiger partial charge < -0.3 is 14.6 Å². The molecule has 0 aliphatic heterocycles. The highest BCUT2D eigenvalue weighted by Gasteiger charge is 2.06. The lowest BCUT2D eigenvalue weighted by atomic mass is 10.3. The van der Waals surface area contributed by atoms with Crippen molar-refractivity contribution >= 4 is 5.82 Å². The zero-order chi connectivity index (χ0) is 12.8. The first kappa shape index (κ1) is 12.3. The Morgan fingerprint density at radius 3 is 3.00 bits per heavy atom. The molecule has 0 aromatic carbocycles. The molecule has 0 radical (unpaired) electrons. The molecular formula is C12H16N4O2. The minimum absolute atomic E-state index is 0.116. The average molecular weight is 248 g/mol. The Morgan fingerprint density at radius 1 is 1.39 bits per heavy atom. The zero-order valence-electron chi connectivity index (χ0n) is 10.5. The summed E-state index contributed by atoms with van der Waals surface area (Å²) in [5.41, 5.74) is 0. The van der Waals surface area contributed by atoms with Gasteiger partial charge in [-0.05, 0) is 26.0 Å². The summed E-state index contributed by atoms with van der Waals surface area (Å²) in [7, 11) is 0. The number of nitrogens with one attached hydrogen (secondary N) is 1. The van der Waals surface area contributed by atoms with Gasteiger partial charge in [0.05, 0.1) is 6.10 Å². The maximum atomic E-state index is 5.66. The fraction of sp³-hybridized carbons (Fsp3) is 0.417. The lowest BCUT2D eigenvalue weighted by Crippen LogP contribution is -2.11. The summed E-state index contributed by atoms with van der Waals surface area (Å²) in [6, 6.07) is 3.74. The maximum absolute atomic E-state index is 5.66. The van der Waals surface area contributed by atoms with Crippen LogP contribution in [0.2, 0.25) is 0 Å². The number of aromatic nitrogens is 3. The van der Waals surface area contributed by atoms with E-state index in [1.54, 1.807) is 6.20 Å². The van der Waals surface area contributed by atoms with Gasteiger partial charge in [0.25, 0.3) is 0 Å². The van der Waals surface area contributed by atoms with Gasteiger partial charge in [0.15, 0.2) is 17.9 Å². The molecule has 6 heteroatoms. The van der Waals surface area contributed by atoms with Crippen molar-refractivity contribution in [3.63, 3.8) is 0 Å². The average Bonchev–Trinajstić information content (AvgIpc) is 2.84. The molecule has 0 aliphatic carbocycles. The molecule has 96 valence electrons. The van der Waals surface area contributed by atoms with E-state index in [-0.39, 0.29) is 6.10 Å². The maximum Gasteiger partial charge on any atom is 0.228 e. The third-order valence-corrected chi connectivity index (χ3v) is 2.17. The Kier molecular flexibility index (Phi) is 4.11. The number of nitrogens with zero attached hydrogens (tertiary/aromatic N) is 3. The van der Waals surface area contributed by atoms with Crippen molar-refractivity contribution in [2.45, 2.75) is 26.4 Å². The number of rotatable bonds is 6. The van der Waals surface area contributed by atoms with E-state index in [1.807, 2.05) is 26.0 Å². The summed E-state index contributed by atoms with van der Waals surface area (Å²) < 4.78 is 10.6. The molecule has 0 aliphatic rings. The van der Waals surface area contributed by atoms with E-state index in [0.717, 1.165) is 11.6 Å². The molecule has 2 rings (SSSR count). The molecule has 0 fully saturated rings. The highest BCUT2D eigenvalue weighted by Crippen LogP contribution is 2.21. The van der Waals surface area contributed by atoms with Gasteiger partial charge >= 0.3 is 0 Å². The predicted molar refractivity (Wildman–Crippen MR) is 66.5 cm³/mol. The lowest BCUT2D eigenvalue weighted by molar-refractivity contribution is 0.243. The van der Waals surface area contributed by atoms with Crippen LogP contribution in [0.5, 0.6) is 5.75 Å². The second-order valence-corrected chi connectivity index (χ2v) is 4.03. The van der Waals surface area contributed by atoms with Gasteiger partial charge in [-0.3, -0.25) is 0 Å². The second-order valence-electron chi connectivity index (χ2n) is 4.03. The molecular weight excluding hydrogens is 232 g/mol. The van der Waals surface area contributed by atoms with Crippen LogP contribution in [0.3, 0.4) is 0 Å². The van der Waals surface area contributed by atoms with Gasteiger partial charge in [-0.25, -0.2) is 4.98 Å². The van der Waals surface area contributed by atoms with Crippen LogP contribution in [0, 0.1) is 0 Å². The van der Waals surface area contributed by atoms with Crippen LogP contribution in [-0.4, -0.2) is 27.8 Å². The van der Waals surface area contributed by atoms with Crippen molar-refractivity contribution in [2.24, 2.45) is 0 Å². The molecule has 1 N–H and O–H groups in total. The molecule has 0 unspecified atom stereocenters. The highest BCUT2D eigenvalue weighted by molar-refractivity contribution is 5.49. The van der Waals surface area contributed by atoms with Crippen molar-refractivity contribution in [2.75, 3.05) is 11.9 Å². The largest absolute Gasteiger partial charge is 0.487 e. The fourth-order valence-corrected chi connectivity index (χ4v) is 1.47. The monoisotopic (exact) mass is 248 g/mol. The van der Waals surface area contributed by atoms with Gasteiger partial charge in [-0.15, -0.1) is 0 Å². The zero-order valence-corrected chi connectivity index (χ0v) is 10.5. The number of ether oxygens (including phenoxy) is 1. The summed E-state index contributed by atoms with van der Waals surface area (Å²) in [5.74, 6) is 2.08. The van der Waals surface area contributed by atoms with E-state index in [2.05, 4.69) is 20.4 Å². The van der Waals surface area contributed by atoms with Crippen molar-refractivity contribution in [1.82, 2.24) is 15.1 Å². The Morgan fingerprint density at radius 2 is 2.28 bits per heavy atom. The molecule has 18 heavy (non-hydrogen) atoms. The van der Waals surface area contributed by atoms with Crippen LogP contribution in [0.15, 0.2) is 29.2 Å². The van der Waals surface area contributed by atoms with Crippen molar-refractivity contribution < 1.29 is 9.26 Å². The Balaban J connectivity index is 1.92. The van der Waals surface area contributed by atoms with Crippen molar-refractivity contribution in [1.29, 1.82) is 0 Å². The van der Waals surface area contributed by atoms with Crippen LogP contribution >= 0.6 is 0 Å². The van der Waals surface area contributed by atoms with Crippen LogP contribution in [-0.2, 0) is 6.42 Å². The number of pyridine rings is 1. The summed E-state index contributed by atoms with van der Waals surface area (Å²) in [6.45, 7) is 4.62. The van der Waals surface area contributed by atoms with E-state index >= 15 is 0 Å². The van der Waals surface area contributed by atoms with Gasteiger partial charge in [0.2, 0.25) is 5.89 Å². The summed E-state index contributed by atoms with van der Waals surface area (Å²) in [5, 5.41) is 6.74. The summed E-state index contributed by atoms with van der Waals surface area (Å²) in [4.78, 5) is 8.20. The molecule has 2 heterocycles. The third kappa shape index (κ3) is 3.44. The molecule has 0 bridgehead atoms. The number of anilines is 1. The van der Waals surface area contributed by atoms with Gasteiger partial charge in [0.1, 0.15) is 0 Å². The minimum Gasteiger partial charge on any atom is -0.487 e. The first-order valence-corrected chi connectivity index (χ1v) is 5.87. The topological polar surface area (TPSA) is 73.1 Å². The smallest absolute Gasteiger partial charge is 0.228 e.